The first-order chi connectivity index (χ1) is 25.2. The molecule has 1 aliphatic rings. The second kappa shape index (κ2) is 13.6. The monoisotopic (exact) mass is 666 g/mol. The fraction of sp³-hybridized carbons (Fsp3) is 0.130. The second-order valence-electron chi connectivity index (χ2n) is 12.7. The summed E-state index contributed by atoms with van der Waals surface area (Å²) in [5.41, 5.74) is 19.2. The molecule has 5 nitrogen and oxygen atoms in total. The lowest BCUT2D eigenvalue weighted by atomic mass is 9.90. The molecular formula is C46H42N4O. The number of hydrogen-bond donors (Lipinski definition) is 3. The first-order valence-corrected chi connectivity index (χ1v) is 17.9. The van der Waals surface area contributed by atoms with E-state index in [4.69, 9.17) is 10.2 Å². The first-order valence-electron chi connectivity index (χ1n) is 17.9. The van der Waals surface area contributed by atoms with Crippen molar-refractivity contribution in [2.45, 2.75) is 32.7 Å². The average molecular weight is 667 g/mol. The highest BCUT2D eigenvalue weighted by molar-refractivity contribution is 6.33. The van der Waals surface area contributed by atoms with Crippen LogP contribution in [0, 0.1) is 0 Å². The van der Waals surface area contributed by atoms with Gasteiger partial charge in [-0.2, -0.15) is 0 Å². The third kappa shape index (κ3) is 5.33. The van der Waals surface area contributed by atoms with E-state index in [2.05, 4.69) is 137 Å². The number of nitrogens with two attached hydrogens (primary N) is 1. The molecule has 0 fully saturated rings. The van der Waals surface area contributed by atoms with E-state index in [1.807, 2.05) is 45.2 Å². The number of benzene rings is 6. The number of aromatic nitrogens is 1. The molecule has 1 unspecified atom stereocenters. The molecule has 5 heteroatoms. The van der Waals surface area contributed by atoms with Crippen LogP contribution in [0.3, 0.4) is 0 Å². The number of allylic oxidation sites excluding steroid dienone is 1. The number of anilines is 2. The van der Waals surface area contributed by atoms with Crippen LogP contribution in [0.2, 0.25) is 0 Å². The van der Waals surface area contributed by atoms with Crippen LogP contribution >= 0.6 is 0 Å². The summed E-state index contributed by atoms with van der Waals surface area (Å²) in [6, 6.07) is 46.5. The molecular weight excluding hydrogens is 625 g/mol. The van der Waals surface area contributed by atoms with Gasteiger partial charge in [0.15, 0.2) is 0 Å². The van der Waals surface area contributed by atoms with Crippen molar-refractivity contribution in [2.24, 2.45) is 5.73 Å². The molecule has 51 heavy (non-hydrogen) atoms. The van der Waals surface area contributed by atoms with Crippen molar-refractivity contribution in [3.63, 3.8) is 0 Å². The van der Waals surface area contributed by atoms with Gasteiger partial charge in [-0.05, 0) is 54.3 Å². The molecule has 0 bridgehead atoms. The van der Waals surface area contributed by atoms with Gasteiger partial charge in [-0.25, -0.2) is 0 Å². The molecule has 9 rings (SSSR count). The van der Waals surface area contributed by atoms with Gasteiger partial charge < -0.3 is 25.4 Å². The van der Waals surface area contributed by atoms with E-state index in [-0.39, 0.29) is 6.04 Å². The maximum atomic E-state index is 6.89. The number of para-hydroxylation sites is 4. The minimum Gasteiger partial charge on any atom is -0.455 e. The number of nitrogens with zero attached hydrogens (tertiary/aromatic N) is 1. The summed E-state index contributed by atoms with van der Waals surface area (Å²) in [4.78, 5) is 0. The van der Waals surface area contributed by atoms with Crippen LogP contribution in [0.15, 0.2) is 156 Å². The van der Waals surface area contributed by atoms with Gasteiger partial charge in [0.05, 0.1) is 28.3 Å². The summed E-state index contributed by atoms with van der Waals surface area (Å²) >= 11 is 0. The SMILES string of the molecule is CC.CNc1c(-c2ccccc2NC2C=CCC/C2=C(/N)c2ccccc2)c2oc3ccccc3c2c2c3ccccc3n(-c3ccccc3)c12. The van der Waals surface area contributed by atoms with Crippen LogP contribution in [-0.4, -0.2) is 17.7 Å². The molecule has 2 heterocycles. The zero-order valence-electron chi connectivity index (χ0n) is 29.3. The predicted octanol–water partition coefficient (Wildman–Crippen LogP) is 11.9. The molecule has 0 aliphatic heterocycles. The number of furan rings is 1. The van der Waals surface area contributed by atoms with Crippen molar-refractivity contribution in [3.05, 3.63) is 157 Å². The van der Waals surface area contributed by atoms with Gasteiger partial charge >= 0.3 is 0 Å². The Morgan fingerprint density at radius 3 is 2.20 bits per heavy atom. The molecule has 8 aromatic rings. The zero-order valence-corrected chi connectivity index (χ0v) is 29.3. The Morgan fingerprint density at radius 2 is 1.41 bits per heavy atom. The van der Waals surface area contributed by atoms with Crippen molar-refractivity contribution in [2.75, 3.05) is 17.7 Å². The van der Waals surface area contributed by atoms with Crippen LogP contribution < -0.4 is 16.4 Å². The second-order valence-corrected chi connectivity index (χ2v) is 12.7. The smallest absolute Gasteiger partial charge is 0.146 e. The summed E-state index contributed by atoms with van der Waals surface area (Å²) in [5, 5.41) is 12.2. The van der Waals surface area contributed by atoms with E-state index in [0.29, 0.717) is 0 Å². The van der Waals surface area contributed by atoms with Crippen molar-refractivity contribution >= 4 is 60.8 Å². The van der Waals surface area contributed by atoms with Gasteiger partial charge in [0.25, 0.3) is 0 Å². The van der Waals surface area contributed by atoms with Gasteiger partial charge in [0.2, 0.25) is 0 Å². The fourth-order valence-electron chi connectivity index (χ4n) is 7.75. The van der Waals surface area contributed by atoms with Crippen molar-refractivity contribution in [1.29, 1.82) is 0 Å². The van der Waals surface area contributed by atoms with Crippen molar-refractivity contribution in [3.8, 4) is 16.8 Å². The lowest BCUT2D eigenvalue weighted by molar-refractivity contribution is 0.670. The number of hydrogen-bond acceptors (Lipinski definition) is 4. The third-order valence-corrected chi connectivity index (χ3v) is 9.92. The minimum absolute atomic E-state index is 0.0567. The fourth-order valence-corrected chi connectivity index (χ4v) is 7.75. The third-order valence-electron chi connectivity index (χ3n) is 9.92. The molecule has 0 spiro atoms. The van der Waals surface area contributed by atoms with Crippen LogP contribution in [0.4, 0.5) is 11.4 Å². The lowest BCUT2D eigenvalue weighted by Crippen LogP contribution is -2.25. The van der Waals surface area contributed by atoms with E-state index < -0.39 is 0 Å². The molecule has 2 aromatic heterocycles. The van der Waals surface area contributed by atoms with Crippen LogP contribution in [0.5, 0.6) is 0 Å². The first kappa shape index (κ1) is 32.0. The summed E-state index contributed by atoms with van der Waals surface area (Å²) in [6.07, 6.45) is 6.36. The number of fused-ring (bicyclic) bond motifs is 7. The Kier molecular flexibility index (Phi) is 8.54. The van der Waals surface area contributed by atoms with Gasteiger partial charge in [-0.15, -0.1) is 0 Å². The van der Waals surface area contributed by atoms with Gasteiger partial charge in [-0.3, -0.25) is 0 Å². The molecule has 0 saturated heterocycles. The van der Waals surface area contributed by atoms with E-state index >= 15 is 0 Å². The summed E-state index contributed by atoms with van der Waals surface area (Å²) in [5.74, 6) is 0. The predicted molar refractivity (Wildman–Crippen MR) is 218 cm³/mol. The van der Waals surface area contributed by atoms with Gasteiger partial charge in [0.1, 0.15) is 11.2 Å². The highest BCUT2D eigenvalue weighted by Crippen LogP contribution is 2.51. The quantitative estimate of drug-likeness (QED) is 0.155. The molecule has 0 amide bonds. The van der Waals surface area contributed by atoms with Crippen molar-refractivity contribution in [1.82, 2.24) is 4.57 Å². The van der Waals surface area contributed by atoms with Gasteiger partial charge in [-0.1, -0.05) is 129 Å². The van der Waals surface area contributed by atoms with E-state index in [0.717, 1.165) is 85.3 Å². The summed E-state index contributed by atoms with van der Waals surface area (Å²) in [7, 11) is 2.01. The largest absolute Gasteiger partial charge is 0.455 e. The highest BCUT2D eigenvalue weighted by Gasteiger charge is 2.28. The zero-order chi connectivity index (χ0) is 34.9. The molecule has 4 N–H and O–H groups in total. The Bertz CT molecular complexity index is 2570. The molecule has 252 valence electrons. The number of rotatable bonds is 6. The molecule has 1 aliphatic carbocycles. The Morgan fingerprint density at radius 1 is 0.745 bits per heavy atom. The normalized spacial score (nSPS) is 15.2. The van der Waals surface area contributed by atoms with Crippen LogP contribution in [0.1, 0.15) is 32.3 Å². The molecule has 6 aromatic carbocycles. The molecule has 0 saturated carbocycles. The van der Waals surface area contributed by atoms with E-state index in [1.54, 1.807) is 0 Å². The highest BCUT2D eigenvalue weighted by atomic mass is 16.3. The Labute approximate surface area is 298 Å². The van der Waals surface area contributed by atoms with Crippen molar-refractivity contribution < 1.29 is 4.42 Å². The molecule has 1 atom stereocenters. The summed E-state index contributed by atoms with van der Waals surface area (Å²) in [6.45, 7) is 4.00. The standard InChI is InChI=1S/C44H36N4O.C2H6/c1-46-42-40(30-20-8-12-24-34(30)47-35-25-13-9-21-31(35)41(45)28-16-4-2-5-17-28)44-39(33-23-11-15-27-37(33)49-44)38-32-22-10-14-26-36(32)48(43(38)42)29-18-6-3-7-19-29;1-2/h2-8,10-20,22-27,35,46-47H,9,21,45H2,1H3;1-2H3/b41-31-;. The molecule has 0 radical (unpaired) electrons. The minimum atomic E-state index is -0.0567. The van der Waals surface area contributed by atoms with Crippen LogP contribution in [0.25, 0.3) is 66.3 Å². The lowest BCUT2D eigenvalue weighted by Gasteiger charge is -2.27. The number of nitrogens with one attached hydrogen (secondary N) is 2. The maximum absolute atomic E-state index is 6.89. The Balaban J connectivity index is 0.00000184. The summed E-state index contributed by atoms with van der Waals surface area (Å²) < 4.78 is 9.29. The maximum Gasteiger partial charge on any atom is 0.146 e. The Hall–Kier alpha value is -6.20. The van der Waals surface area contributed by atoms with E-state index in [1.165, 1.54) is 16.3 Å². The van der Waals surface area contributed by atoms with Gasteiger partial charge in [0, 0.05) is 51.2 Å². The topological polar surface area (TPSA) is 68.2 Å². The average Bonchev–Trinajstić information content (AvgIpc) is 3.75. The van der Waals surface area contributed by atoms with E-state index in [9.17, 15) is 0 Å². The van der Waals surface area contributed by atoms with Crippen LogP contribution in [-0.2, 0) is 0 Å².